The molecule has 1 spiro atoms. The lowest BCUT2D eigenvalue weighted by Crippen LogP contribution is -2.62. The normalized spacial score (nSPS) is 18.6. The van der Waals surface area contributed by atoms with Crippen LogP contribution in [0.2, 0.25) is 0 Å². The summed E-state index contributed by atoms with van der Waals surface area (Å²) in [6.45, 7) is 14.1. The second-order valence-electron chi connectivity index (χ2n) is 12.7. The summed E-state index contributed by atoms with van der Waals surface area (Å²) < 4.78 is 7.36. The third-order valence-electron chi connectivity index (χ3n) is 9.91. The van der Waals surface area contributed by atoms with E-state index in [0.29, 0.717) is 5.92 Å². The Bertz CT molecular complexity index is 1840. The van der Waals surface area contributed by atoms with Crippen LogP contribution >= 0.6 is 0 Å². The fourth-order valence-corrected chi connectivity index (χ4v) is 7.33. The first kappa shape index (κ1) is 28.2. The van der Waals surface area contributed by atoms with Gasteiger partial charge in [0.05, 0.1) is 11.6 Å². The molecule has 2 aliphatic heterocycles. The third kappa shape index (κ3) is 4.30. The van der Waals surface area contributed by atoms with Crippen molar-refractivity contribution in [3.63, 3.8) is 0 Å². The van der Waals surface area contributed by atoms with Gasteiger partial charge in [0.2, 0.25) is 5.72 Å². The van der Waals surface area contributed by atoms with Crippen LogP contribution in [0.25, 0.3) is 21.9 Å². The topological polar surface area (TPSA) is 28.1 Å². The molecular weight excluding hydrogens is 538 g/mol. The maximum absolute atomic E-state index is 7.36. The van der Waals surface area contributed by atoms with Crippen LogP contribution in [0.15, 0.2) is 114 Å². The van der Waals surface area contributed by atoms with Crippen molar-refractivity contribution in [3.05, 3.63) is 120 Å². The SMILES string of the molecule is CCN(CC)c1ccc(-c2cc3c(c4ccccc24)N=CC2(O3)N(CC(C)c3ccccc3)c3ccccc3C2(C)C)cc1. The van der Waals surface area contributed by atoms with Gasteiger partial charge >= 0.3 is 0 Å². The van der Waals surface area contributed by atoms with Gasteiger partial charge in [-0.25, -0.2) is 0 Å². The summed E-state index contributed by atoms with van der Waals surface area (Å²) in [4.78, 5) is 10.1. The lowest BCUT2D eigenvalue weighted by atomic mass is 9.77. The summed E-state index contributed by atoms with van der Waals surface area (Å²) in [6.07, 6.45) is 2.08. The van der Waals surface area contributed by atoms with E-state index in [2.05, 4.69) is 160 Å². The van der Waals surface area contributed by atoms with Gasteiger partial charge in [0.15, 0.2) is 0 Å². The molecule has 0 aliphatic carbocycles. The highest BCUT2D eigenvalue weighted by Crippen LogP contribution is 2.56. The Kier molecular flexibility index (Phi) is 6.96. The fourth-order valence-electron chi connectivity index (χ4n) is 7.33. The lowest BCUT2D eigenvalue weighted by Gasteiger charge is -2.47. The van der Waals surface area contributed by atoms with Crippen molar-refractivity contribution in [2.45, 2.75) is 51.7 Å². The number of benzene rings is 5. The largest absolute Gasteiger partial charge is 0.459 e. The van der Waals surface area contributed by atoms with Crippen molar-refractivity contribution in [1.29, 1.82) is 0 Å². The fraction of sp³-hybridized carbons (Fsp3) is 0.275. The number of anilines is 2. The Morgan fingerprint density at radius 3 is 2.18 bits per heavy atom. The second kappa shape index (κ2) is 10.9. The van der Waals surface area contributed by atoms with E-state index in [4.69, 9.17) is 9.73 Å². The molecule has 0 saturated heterocycles. The first-order valence-corrected chi connectivity index (χ1v) is 16.0. The van der Waals surface area contributed by atoms with Gasteiger partial charge in [-0.05, 0) is 85.5 Å². The third-order valence-corrected chi connectivity index (χ3v) is 9.91. The molecule has 2 aliphatic rings. The van der Waals surface area contributed by atoms with Crippen LogP contribution in [0.4, 0.5) is 17.1 Å². The summed E-state index contributed by atoms with van der Waals surface area (Å²) in [5.74, 6) is 1.12. The number of fused-ring (bicyclic) bond motifs is 4. The molecule has 0 fully saturated rings. The summed E-state index contributed by atoms with van der Waals surface area (Å²) in [5.41, 5.74) is 7.17. The zero-order chi connectivity index (χ0) is 30.5. The smallest absolute Gasteiger partial charge is 0.228 e. The van der Waals surface area contributed by atoms with Crippen LogP contribution in [-0.2, 0) is 5.41 Å². The summed E-state index contributed by atoms with van der Waals surface area (Å²) >= 11 is 0. The summed E-state index contributed by atoms with van der Waals surface area (Å²) in [7, 11) is 0. The Balaban J connectivity index is 1.36. The Hall–Kier alpha value is -4.57. The van der Waals surface area contributed by atoms with Crippen LogP contribution < -0.4 is 14.5 Å². The molecule has 222 valence electrons. The molecule has 0 bridgehead atoms. The maximum Gasteiger partial charge on any atom is 0.228 e. The van der Waals surface area contributed by atoms with Crippen LogP contribution in [0, 0.1) is 0 Å². The number of nitrogens with zero attached hydrogens (tertiary/aromatic N) is 3. The van der Waals surface area contributed by atoms with Gasteiger partial charge in [-0.3, -0.25) is 4.99 Å². The minimum Gasteiger partial charge on any atom is -0.459 e. The van der Waals surface area contributed by atoms with Crippen LogP contribution in [0.5, 0.6) is 5.75 Å². The van der Waals surface area contributed by atoms with Gasteiger partial charge in [-0.2, -0.15) is 0 Å². The van der Waals surface area contributed by atoms with Crippen molar-refractivity contribution in [1.82, 2.24) is 0 Å². The Labute approximate surface area is 261 Å². The minimum absolute atomic E-state index is 0.296. The number of hydrogen-bond donors (Lipinski definition) is 0. The van der Waals surface area contributed by atoms with Gasteiger partial charge in [-0.15, -0.1) is 0 Å². The molecule has 4 nitrogen and oxygen atoms in total. The van der Waals surface area contributed by atoms with E-state index in [1.54, 1.807) is 0 Å². The first-order valence-electron chi connectivity index (χ1n) is 16.0. The average molecular weight is 580 g/mol. The lowest BCUT2D eigenvalue weighted by molar-refractivity contribution is 0.0769. The van der Waals surface area contributed by atoms with E-state index in [0.717, 1.165) is 42.0 Å². The molecule has 5 aromatic carbocycles. The highest BCUT2D eigenvalue weighted by atomic mass is 16.5. The summed E-state index contributed by atoms with van der Waals surface area (Å²) in [6, 6.07) is 39.3. The molecule has 2 heterocycles. The molecule has 0 aromatic heterocycles. The zero-order valence-corrected chi connectivity index (χ0v) is 26.4. The molecule has 0 radical (unpaired) electrons. The molecular formula is C40H41N3O. The Morgan fingerprint density at radius 2 is 1.45 bits per heavy atom. The number of aliphatic imine (C=N–C) groups is 1. The van der Waals surface area contributed by atoms with Gasteiger partial charge in [0, 0.05) is 36.4 Å². The molecule has 5 aromatic rings. The predicted octanol–water partition coefficient (Wildman–Crippen LogP) is 9.75. The van der Waals surface area contributed by atoms with E-state index in [9.17, 15) is 0 Å². The first-order chi connectivity index (χ1) is 21.4. The molecule has 2 unspecified atom stereocenters. The highest BCUT2D eigenvalue weighted by Gasteiger charge is 2.60. The molecule has 0 saturated carbocycles. The number of ether oxygens (including phenoxy) is 1. The van der Waals surface area contributed by atoms with Crippen molar-refractivity contribution >= 4 is 34.0 Å². The molecule has 0 amide bonds. The van der Waals surface area contributed by atoms with Crippen LogP contribution in [-0.4, -0.2) is 31.6 Å². The van der Waals surface area contributed by atoms with Crippen molar-refractivity contribution in [3.8, 4) is 16.9 Å². The zero-order valence-electron chi connectivity index (χ0n) is 26.4. The Morgan fingerprint density at radius 1 is 0.795 bits per heavy atom. The number of rotatable bonds is 7. The maximum atomic E-state index is 7.36. The summed E-state index contributed by atoms with van der Waals surface area (Å²) in [5, 5.41) is 2.29. The van der Waals surface area contributed by atoms with E-state index < -0.39 is 5.72 Å². The van der Waals surface area contributed by atoms with Gasteiger partial charge in [0.1, 0.15) is 11.4 Å². The van der Waals surface area contributed by atoms with E-state index in [-0.39, 0.29) is 5.41 Å². The van der Waals surface area contributed by atoms with Crippen molar-refractivity contribution < 1.29 is 4.74 Å². The minimum atomic E-state index is -0.779. The van der Waals surface area contributed by atoms with E-state index in [1.165, 1.54) is 33.5 Å². The van der Waals surface area contributed by atoms with Crippen LogP contribution in [0.1, 0.15) is 51.7 Å². The molecule has 44 heavy (non-hydrogen) atoms. The van der Waals surface area contributed by atoms with Gasteiger partial charge < -0.3 is 14.5 Å². The monoisotopic (exact) mass is 579 g/mol. The van der Waals surface area contributed by atoms with Crippen LogP contribution in [0.3, 0.4) is 0 Å². The van der Waals surface area contributed by atoms with E-state index >= 15 is 0 Å². The highest BCUT2D eigenvalue weighted by molar-refractivity contribution is 6.07. The quantitative estimate of drug-likeness (QED) is 0.192. The molecule has 4 heteroatoms. The van der Waals surface area contributed by atoms with Crippen molar-refractivity contribution in [2.75, 3.05) is 29.4 Å². The second-order valence-corrected chi connectivity index (χ2v) is 12.7. The number of para-hydroxylation sites is 1. The predicted molar refractivity (Wildman–Crippen MR) is 186 cm³/mol. The van der Waals surface area contributed by atoms with Crippen molar-refractivity contribution in [2.24, 2.45) is 4.99 Å². The molecule has 0 N–H and O–H groups in total. The number of hydrogen-bond acceptors (Lipinski definition) is 4. The standard InChI is InChI=1S/C40H41N3O/c1-6-42(7-2)31-23-21-30(22-24-31)34-25-37-38(33-18-12-11-17-32(33)34)41-27-40(44-37)39(4,5)35-19-13-14-20-36(35)43(40)26-28(3)29-15-9-8-10-16-29/h8-25,27-28H,6-7,26H2,1-5H3. The van der Waals surface area contributed by atoms with E-state index in [1.807, 2.05) is 0 Å². The average Bonchev–Trinajstić information content (AvgIpc) is 3.24. The molecule has 7 rings (SSSR count). The molecule has 2 atom stereocenters. The van der Waals surface area contributed by atoms with Gasteiger partial charge in [0.25, 0.3) is 0 Å². The van der Waals surface area contributed by atoms with Gasteiger partial charge in [-0.1, -0.05) is 91.9 Å².